The van der Waals surface area contributed by atoms with E-state index in [0.717, 1.165) is 0 Å². The number of urea groups is 1. The smallest absolute Gasteiger partial charge is 0.441 e. The number of alkyl halides is 3. The molecule has 0 spiro atoms. The second-order valence-electron chi connectivity index (χ2n) is 4.56. The van der Waals surface area contributed by atoms with E-state index in [1.807, 2.05) is 0 Å². The summed E-state index contributed by atoms with van der Waals surface area (Å²) < 4.78 is 35.5. The summed E-state index contributed by atoms with van der Waals surface area (Å²) in [5, 5.41) is 11.3. The topological polar surface area (TPSA) is 69.6 Å². The normalized spacial score (nSPS) is 23.5. The number of nitrogens with one attached hydrogen (secondary N) is 1. The number of likely N-dealkylation sites (tertiary alicyclic amines) is 1. The Hall–Kier alpha value is -1.12. The zero-order valence-corrected chi connectivity index (χ0v) is 11.1. The molecule has 1 fully saturated rings. The number of carboxylic acid groups (broad SMARTS) is 1. The number of carboxylic acids is 1. The Morgan fingerprint density at radius 1 is 1.47 bits per heavy atom. The van der Waals surface area contributed by atoms with Crippen LogP contribution in [0.4, 0.5) is 18.0 Å². The Morgan fingerprint density at radius 2 is 2.11 bits per heavy atom. The molecule has 2 N–H and O–H groups in total. The van der Waals surface area contributed by atoms with Crippen LogP contribution in [-0.2, 0) is 4.79 Å². The number of amides is 2. The van der Waals surface area contributed by atoms with Gasteiger partial charge in [0, 0.05) is 25.4 Å². The molecular weight excluding hydrogens is 285 g/mol. The summed E-state index contributed by atoms with van der Waals surface area (Å²) in [5.41, 5.74) is -5.28. The average molecular weight is 300 g/mol. The quantitative estimate of drug-likeness (QED) is 0.776. The van der Waals surface area contributed by atoms with Gasteiger partial charge >= 0.3 is 17.5 Å². The molecule has 0 aliphatic carbocycles. The summed E-state index contributed by atoms with van der Waals surface area (Å²) in [6, 6.07) is -0.521. The molecule has 9 heteroatoms. The molecule has 0 bridgehead atoms. The molecule has 2 amide bonds. The van der Waals surface area contributed by atoms with Crippen molar-refractivity contribution in [2.24, 2.45) is 5.41 Å². The Kier molecular flexibility index (Phi) is 4.94. The maximum absolute atomic E-state index is 11.8. The molecule has 19 heavy (non-hydrogen) atoms. The fraction of sp³-hybridized carbons (Fsp3) is 0.800. The molecule has 5 nitrogen and oxygen atoms in total. The van der Waals surface area contributed by atoms with Crippen molar-refractivity contribution < 1.29 is 27.9 Å². The third-order valence-electron chi connectivity index (χ3n) is 2.92. The third kappa shape index (κ3) is 4.81. The van der Waals surface area contributed by atoms with Gasteiger partial charge in [0.05, 0.1) is 5.41 Å². The molecule has 0 radical (unpaired) electrons. The van der Waals surface area contributed by atoms with Crippen molar-refractivity contribution in [1.82, 2.24) is 10.2 Å². The van der Waals surface area contributed by atoms with E-state index in [9.17, 15) is 22.8 Å². The zero-order valence-electron chi connectivity index (χ0n) is 10.3. The van der Waals surface area contributed by atoms with E-state index < -0.39 is 22.9 Å². The number of aliphatic carboxylic acids is 1. The van der Waals surface area contributed by atoms with Gasteiger partial charge in [-0.05, 0) is 25.1 Å². The van der Waals surface area contributed by atoms with E-state index in [1.165, 1.54) is 4.90 Å². The van der Waals surface area contributed by atoms with Crippen molar-refractivity contribution in [3.63, 3.8) is 0 Å². The van der Waals surface area contributed by atoms with Crippen molar-refractivity contribution in [3.05, 3.63) is 0 Å². The molecule has 1 rings (SSSR count). The van der Waals surface area contributed by atoms with Gasteiger partial charge in [-0.1, -0.05) is 0 Å². The lowest BCUT2D eigenvalue weighted by molar-refractivity contribution is -0.147. The largest absolute Gasteiger partial charge is 0.481 e. The summed E-state index contributed by atoms with van der Waals surface area (Å²) in [6.07, 6.45) is 0.340. The van der Waals surface area contributed by atoms with Crippen LogP contribution in [0.2, 0.25) is 0 Å². The molecule has 1 atom stereocenters. The number of hydrogen-bond donors (Lipinski definition) is 2. The summed E-state index contributed by atoms with van der Waals surface area (Å²) >= 11 is -0.205. The number of halogens is 3. The highest BCUT2D eigenvalue weighted by molar-refractivity contribution is 8.00. The highest BCUT2D eigenvalue weighted by Gasteiger charge is 2.42. The van der Waals surface area contributed by atoms with E-state index in [-0.39, 0.29) is 30.6 Å². The summed E-state index contributed by atoms with van der Waals surface area (Å²) in [5.74, 6) is -1.24. The predicted molar refractivity (Wildman–Crippen MR) is 63.8 cm³/mol. The van der Waals surface area contributed by atoms with Crippen LogP contribution < -0.4 is 5.32 Å². The molecule has 1 saturated heterocycles. The van der Waals surface area contributed by atoms with Gasteiger partial charge in [0.15, 0.2) is 0 Å². The highest BCUT2D eigenvalue weighted by atomic mass is 32.2. The first kappa shape index (κ1) is 15.9. The van der Waals surface area contributed by atoms with Gasteiger partial charge in [0.2, 0.25) is 0 Å². The Morgan fingerprint density at radius 3 is 2.58 bits per heavy atom. The summed E-state index contributed by atoms with van der Waals surface area (Å²) in [4.78, 5) is 23.9. The molecule has 0 aromatic heterocycles. The van der Waals surface area contributed by atoms with Crippen LogP contribution in [0.3, 0.4) is 0 Å². The minimum atomic E-state index is -4.31. The van der Waals surface area contributed by atoms with E-state index in [0.29, 0.717) is 13.0 Å². The first-order chi connectivity index (χ1) is 8.64. The maximum atomic E-state index is 11.8. The molecule has 1 unspecified atom stereocenters. The molecular formula is C10H15F3N2O3S. The van der Waals surface area contributed by atoms with Gasteiger partial charge in [-0.3, -0.25) is 4.79 Å². The van der Waals surface area contributed by atoms with Crippen LogP contribution in [0.1, 0.15) is 13.3 Å². The van der Waals surface area contributed by atoms with Gasteiger partial charge in [0.1, 0.15) is 0 Å². The lowest BCUT2D eigenvalue weighted by atomic mass is 9.90. The van der Waals surface area contributed by atoms with E-state index in [2.05, 4.69) is 5.32 Å². The van der Waals surface area contributed by atoms with Gasteiger partial charge < -0.3 is 15.3 Å². The fourth-order valence-corrected chi connectivity index (χ4v) is 2.18. The first-order valence-corrected chi connectivity index (χ1v) is 6.59. The molecule has 110 valence electrons. The van der Waals surface area contributed by atoms with E-state index in [4.69, 9.17) is 5.11 Å². The van der Waals surface area contributed by atoms with Crippen LogP contribution in [0.5, 0.6) is 0 Å². The fourth-order valence-electron chi connectivity index (χ4n) is 1.75. The van der Waals surface area contributed by atoms with Gasteiger partial charge in [0.25, 0.3) is 0 Å². The molecule has 1 heterocycles. The predicted octanol–water partition coefficient (Wildman–Crippen LogP) is 1.75. The maximum Gasteiger partial charge on any atom is 0.441 e. The highest BCUT2D eigenvalue weighted by Crippen LogP contribution is 2.30. The average Bonchev–Trinajstić information content (AvgIpc) is 2.67. The lowest BCUT2D eigenvalue weighted by Gasteiger charge is -2.20. The van der Waals surface area contributed by atoms with Crippen molar-refractivity contribution in [2.75, 3.05) is 25.4 Å². The second kappa shape index (κ2) is 5.89. The molecule has 1 aliphatic heterocycles. The second-order valence-corrected chi connectivity index (χ2v) is 5.72. The van der Waals surface area contributed by atoms with E-state index >= 15 is 0 Å². The molecule has 1 aliphatic rings. The van der Waals surface area contributed by atoms with Crippen LogP contribution in [-0.4, -0.2) is 52.9 Å². The molecule has 0 aromatic rings. The summed E-state index contributed by atoms with van der Waals surface area (Å²) in [7, 11) is 0. The number of carbonyl (C=O) groups is 2. The van der Waals surface area contributed by atoms with Crippen LogP contribution in [0.25, 0.3) is 0 Å². The van der Waals surface area contributed by atoms with Crippen LogP contribution in [0.15, 0.2) is 0 Å². The monoisotopic (exact) mass is 300 g/mol. The first-order valence-electron chi connectivity index (χ1n) is 5.61. The van der Waals surface area contributed by atoms with Crippen molar-refractivity contribution >= 4 is 23.8 Å². The van der Waals surface area contributed by atoms with Crippen molar-refractivity contribution in [1.29, 1.82) is 0 Å². The van der Waals surface area contributed by atoms with Crippen molar-refractivity contribution in [3.8, 4) is 0 Å². The van der Waals surface area contributed by atoms with Gasteiger partial charge in [-0.2, -0.15) is 13.2 Å². The number of nitrogens with zero attached hydrogens (tertiary/aromatic N) is 1. The SMILES string of the molecule is CC1(C(=O)O)CCN(C(=O)NCCSC(F)(F)F)C1. The zero-order chi connectivity index (χ0) is 14.7. The van der Waals surface area contributed by atoms with Gasteiger partial charge in [-0.15, -0.1) is 0 Å². The molecule has 0 aromatic carbocycles. The number of carbonyl (C=O) groups excluding carboxylic acids is 1. The van der Waals surface area contributed by atoms with E-state index in [1.54, 1.807) is 6.92 Å². The lowest BCUT2D eigenvalue weighted by Crippen LogP contribution is -2.41. The summed E-state index contributed by atoms with van der Waals surface area (Å²) in [6.45, 7) is 1.80. The molecule has 0 saturated carbocycles. The number of hydrogen-bond acceptors (Lipinski definition) is 3. The minimum Gasteiger partial charge on any atom is -0.481 e. The van der Waals surface area contributed by atoms with Crippen LogP contribution in [0, 0.1) is 5.41 Å². The van der Waals surface area contributed by atoms with Crippen molar-refractivity contribution in [2.45, 2.75) is 18.9 Å². The Labute approximate surface area is 112 Å². The third-order valence-corrected chi connectivity index (χ3v) is 3.66. The number of rotatable bonds is 4. The Balaban J connectivity index is 2.31. The number of thioether (sulfide) groups is 1. The van der Waals surface area contributed by atoms with Gasteiger partial charge in [-0.25, -0.2) is 4.79 Å². The van der Waals surface area contributed by atoms with Crippen LogP contribution >= 0.6 is 11.8 Å². The Bertz CT molecular complexity index is 364. The standard InChI is InChI=1S/C10H15F3N2O3S/c1-9(7(16)17)2-4-15(6-9)8(18)14-3-5-19-10(11,12)13/h2-6H2,1H3,(H,14,18)(H,16,17). The minimum absolute atomic E-state index is 0.0700.